The molecule has 0 radical (unpaired) electrons. The van der Waals surface area contributed by atoms with E-state index < -0.39 is 17.2 Å². The van der Waals surface area contributed by atoms with Crippen LogP contribution < -0.4 is 0 Å². The van der Waals surface area contributed by atoms with Crippen LogP contribution in [0.5, 0.6) is 0 Å². The number of benzene rings is 2. The quantitative estimate of drug-likeness (QED) is 0.792. The Balaban J connectivity index is 2.69. The van der Waals surface area contributed by atoms with E-state index in [0.717, 1.165) is 17.2 Å². The molecule has 0 aliphatic rings. The largest absolute Gasteiger partial charge is 0.380 e. The van der Waals surface area contributed by atoms with Crippen LogP contribution in [0, 0.1) is 25.5 Å². The maximum atomic E-state index is 14.2. The third-order valence-corrected chi connectivity index (χ3v) is 3.93. The minimum Gasteiger partial charge on any atom is -0.380 e. The van der Waals surface area contributed by atoms with Crippen LogP contribution in [-0.4, -0.2) is 5.11 Å². The number of halogens is 3. The summed E-state index contributed by atoms with van der Waals surface area (Å²) in [6, 6.07) is 7.82. The molecule has 1 atom stereocenters. The fraction of sp³-hybridized carbons (Fsp3) is 0.250. The van der Waals surface area contributed by atoms with Gasteiger partial charge in [0.15, 0.2) is 0 Å². The van der Waals surface area contributed by atoms with Gasteiger partial charge in [-0.05, 0) is 54.4 Å². The second kappa shape index (κ2) is 5.26. The SMILES string of the molecule is Cc1cc(C)cc(C(C)(O)c2c(F)ccc(Br)c2F)c1. The van der Waals surface area contributed by atoms with Gasteiger partial charge in [-0.1, -0.05) is 29.3 Å². The topological polar surface area (TPSA) is 20.2 Å². The number of aliphatic hydroxyl groups is 1. The number of rotatable bonds is 2. The summed E-state index contributed by atoms with van der Waals surface area (Å²) in [6.45, 7) is 5.15. The molecule has 2 aromatic rings. The molecule has 0 amide bonds. The van der Waals surface area contributed by atoms with E-state index in [2.05, 4.69) is 15.9 Å². The van der Waals surface area contributed by atoms with E-state index in [1.807, 2.05) is 19.9 Å². The molecular formula is C16H15BrF2O. The Kier molecular flexibility index (Phi) is 3.98. The lowest BCUT2D eigenvalue weighted by Gasteiger charge is -2.26. The van der Waals surface area contributed by atoms with Crippen molar-refractivity contribution in [1.82, 2.24) is 0 Å². The first-order valence-corrected chi connectivity index (χ1v) is 6.98. The van der Waals surface area contributed by atoms with Gasteiger partial charge >= 0.3 is 0 Å². The molecule has 0 aliphatic carbocycles. The zero-order valence-electron chi connectivity index (χ0n) is 11.5. The summed E-state index contributed by atoms with van der Waals surface area (Å²) in [4.78, 5) is 0. The molecule has 4 heteroatoms. The van der Waals surface area contributed by atoms with E-state index in [0.29, 0.717) is 5.56 Å². The molecule has 2 aromatic carbocycles. The van der Waals surface area contributed by atoms with E-state index in [4.69, 9.17) is 0 Å². The molecule has 0 heterocycles. The molecule has 0 bridgehead atoms. The normalized spacial score (nSPS) is 14.2. The maximum Gasteiger partial charge on any atom is 0.146 e. The van der Waals surface area contributed by atoms with Gasteiger partial charge in [-0.25, -0.2) is 8.78 Å². The second-order valence-electron chi connectivity index (χ2n) is 5.17. The molecule has 0 saturated heterocycles. The lowest BCUT2D eigenvalue weighted by atomic mass is 9.86. The molecule has 20 heavy (non-hydrogen) atoms. The lowest BCUT2D eigenvalue weighted by molar-refractivity contribution is 0.0931. The Morgan fingerprint density at radius 1 is 1.05 bits per heavy atom. The van der Waals surface area contributed by atoms with Crippen molar-refractivity contribution in [3.8, 4) is 0 Å². The van der Waals surface area contributed by atoms with Gasteiger partial charge in [-0.3, -0.25) is 0 Å². The highest BCUT2D eigenvalue weighted by atomic mass is 79.9. The van der Waals surface area contributed by atoms with Crippen LogP contribution >= 0.6 is 15.9 Å². The molecule has 1 nitrogen and oxygen atoms in total. The summed E-state index contributed by atoms with van der Waals surface area (Å²) < 4.78 is 28.3. The summed E-state index contributed by atoms with van der Waals surface area (Å²) >= 11 is 3.02. The highest BCUT2D eigenvalue weighted by molar-refractivity contribution is 9.10. The average Bonchev–Trinajstić information content (AvgIpc) is 2.33. The van der Waals surface area contributed by atoms with Gasteiger partial charge in [-0.15, -0.1) is 0 Å². The predicted molar refractivity (Wildman–Crippen MR) is 78.6 cm³/mol. The van der Waals surface area contributed by atoms with E-state index >= 15 is 0 Å². The molecule has 0 spiro atoms. The third kappa shape index (κ3) is 2.63. The zero-order chi connectivity index (χ0) is 15.1. The van der Waals surface area contributed by atoms with E-state index in [-0.39, 0.29) is 10.0 Å². The van der Waals surface area contributed by atoms with Crippen molar-refractivity contribution in [3.63, 3.8) is 0 Å². The van der Waals surface area contributed by atoms with E-state index in [1.54, 1.807) is 12.1 Å². The summed E-state index contributed by atoms with van der Waals surface area (Å²) in [5.74, 6) is -1.55. The summed E-state index contributed by atoms with van der Waals surface area (Å²) in [5.41, 5.74) is 0.226. The molecule has 1 unspecified atom stereocenters. The first-order valence-electron chi connectivity index (χ1n) is 6.18. The van der Waals surface area contributed by atoms with Crippen molar-refractivity contribution >= 4 is 15.9 Å². The maximum absolute atomic E-state index is 14.2. The minimum absolute atomic E-state index is 0.124. The van der Waals surface area contributed by atoms with Crippen LogP contribution in [-0.2, 0) is 5.60 Å². The fourth-order valence-corrected chi connectivity index (χ4v) is 2.70. The van der Waals surface area contributed by atoms with Crippen molar-refractivity contribution in [2.75, 3.05) is 0 Å². The van der Waals surface area contributed by atoms with Gasteiger partial charge in [0.25, 0.3) is 0 Å². The third-order valence-electron chi connectivity index (χ3n) is 3.31. The van der Waals surface area contributed by atoms with Gasteiger partial charge in [0, 0.05) is 0 Å². The van der Waals surface area contributed by atoms with Crippen molar-refractivity contribution < 1.29 is 13.9 Å². The van der Waals surface area contributed by atoms with E-state index in [9.17, 15) is 13.9 Å². The van der Waals surface area contributed by atoms with Crippen molar-refractivity contribution in [2.45, 2.75) is 26.4 Å². The van der Waals surface area contributed by atoms with Crippen molar-refractivity contribution in [2.24, 2.45) is 0 Å². The molecule has 0 saturated carbocycles. The zero-order valence-corrected chi connectivity index (χ0v) is 13.1. The summed E-state index contributed by atoms with van der Waals surface area (Å²) in [6.07, 6.45) is 0. The summed E-state index contributed by atoms with van der Waals surface area (Å²) in [5, 5.41) is 10.7. The smallest absolute Gasteiger partial charge is 0.146 e. The van der Waals surface area contributed by atoms with Crippen LogP contribution in [0.1, 0.15) is 29.2 Å². The van der Waals surface area contributed by atoms with Crippen molar-refractivity contribution in [3.05, 3.63) is 68.7 Å². The molecule has 106 valence electrons. The Hall–Kier alpha value is -1.26. The average molecular weight is 341 g/mol. The van der Waals surface area contributed by atoms with Gasteiger partial charge in [0.1, 0.15) is 17.2 Å². The monoisotopic (exact) mass is 340 g/mol. The molecule has 2 rings (SSSR count). The Morgan fingerprint density at radius 3 is 2.15 bits per heavy atom. The molecule has 0 aromatic heterocycles. The Bertz CT molecular complexity index is 646. The van der Waals surface area contributed by atoms with Crippen molar-refractivity contribution in [1.29, 1.82) is 0 Å². The van der Waals surface area contributed by atoms with Gasteiger partial charge in [-0.2, -0.15) is 0 Å². The molecular weight excluding hydrogens is 326 g/mol. The molecule has 1 N–H and O–H groups in total. The number of aryl methyl sites for hydroxylation is 2. The number of hydrogen-bond acceptors (Lipinski definition) is 1. The highest BCUT2D eigenvalue weighted by Gasteiger charge is 2.33. The molecule has 0 fully saturated rings. The Morgan fingerprint density at radius 2 is 1.60 bits per heavy atom. The highest BCUT2D eigenvalue weighted by Crippen LogP contribution is 2.36. The van der Waals surface area contributed by atoms with E-state index in [1.165, 1.54) is 13.0 Å². The van der Waals surface area contributed by atoms with Crippen LogP contribution in [0.25, 0.3) is 0 Å². The first kappa shape index (κ1) is 15.1. The van der Waals surface area contributed by atoms with Crippen LogP contribution in [0.4, 0.5) is 8.78 Å². The van der Waals surface area contributed by atoms with Crippen LogP contribution in [0.15, 0.2) is 34.8 Å². The van der Waals surface area contributed by atoms with Gasteiger partial charge in [0.05, 0.1) is 10.0 Å². The second-order valence-corrected chi connectivity index (χ2v) is 6.02. The minimum atomic E-state index is -1.74. The van der Waals surface area contributed by atoms with Gasteiger partial charge in [0.2, 0.25) is 0 Å². The van der Waals surface area contributed by atoms with Crippen LogP contribution in [0.3, 0.4) is 0 Å². The predicted octanol–water partition coefficient (Wildman–Crippen LogP) is 4.60. The fourth-order valence-electron chi connectivity index (χ4n) is 2.37. The Labute approximate surface area is 125 Å². The number of hydrogen-bond donors (Lipinski definition) is 1. The van der Waals surface area contributed by atoms with Gasteiger partial charge < -0.3 is 5.11 Å². The van der Waals surface area contributed by atoms with Crippen LogP contribution in [0.2, 0.25) is 0 Å². The molecule has 0 aliphatic heterocycles. The first-order chi connectivity index (χ1) is 9.23. The summed E-state index contributed by atoms with van der Waals surface area (Å²) in [7, 11) is 0. The lowest BCUT2D eigenvalue weighted by Crippen LogP contribution is -2.26. The standard InChI is InChI=1S/C16H15BrF2O/c1-9-6-10(2)8-11(7-9)16(3,20)14-13(18)5-4-12(17)15(14)19/h4-8,20H,1-3H3.